The molecule has 1 heterocycles. The Bertz CT molecular complexity index is 378. The van der Waals surface area contributed by atoms with Crippen molar-refractivity contribution in [2.24, 2.45) is 0 Å². The fourth-order valence-corrected chi connectivity index (χ4v) is 2.01. The average molecular weight is 241 g/mol. The highest BCUT2D eigenvalue weighted by atomic mass is 32.1. The molecule has 0 spiro atoms. The second-order valence-electron chi connectivity index (χ2n) is 2.72. The molecule has 84 valence electrons. The smallest absolute Gasteiger partial charge is 0.159 e. The molecule has 1 N–H and O–H groups in total. The first-order valence-corrected chi connectivity index (χ1v) is 6.58. The van der Waals surface area contributed by atoms with E-state index < -0.39 is 0 Å². The third kappa shape index (κ3) is 5.09. The number of aromatic nitrogens is 1. The molecule has 0 saturated carbocycles. The number of aromatic amines is 1. The first-order chi connectivity index (χ1) is 7.27. The number of hydrogen-bond acceptors (Lipinski definition) is 2. The van der Waals surface area contributed by atoms with Gasteiger partial charge in [0, 0.05) is 0 Å². The van der Waals surface area contributed by atoms with Crippen LogP contribution in [-0.2, 0) is 0 Å². The molecule has 0 radical (unpaired) electrons. The predicted molar refractivity (Wildman–Crippen MR) is 74.3 cm³/mol. The molecule has 0 unspecified atom stereocenters. The summed E-state index contributed by atoms with van der Waals surface area (Å²) in [5.74, 6) is 0. The summed E-state index contributed by atoms with van der Waals surface area (Å²) in [7, 11) is 0. The van der Waals surface area contributed by atoms with Gasteiger partial charge in [-0.3, -0.25) is 0 Å². The number of rotatable bonds is 0. The van der Waals surface area contributed by atoms with Crippen LogP contribution in [0.1, 0.15) is 34.1 Å². The topological polar surface area (TPSA) is 15.8 Å². The Kier molecular flexibility index (Phi) is 8.24. The van der Waals surface area contributed by atoms with Crippen LogP contribution in [0.2, 0.25) is 0 Å². The van der Waals surface area contributed by atoms with E-state index in [1.54, 1.807) is 11.3 Å². The van der Waals surface area contributed by atoms with E-state index in [9.17, 15) is 0 Å². The standard InChI is InChI=1S/C7H5NS2.C3H8.C2H6/c9-7-8-5-3-1-2-4-6(5)10-7;1-3-2;1-2/h1-4H,(H,8,9);3H2,1-2H3;1-2H3. The normalized spacial score (nSPS) is 8.53. The fraction of sp³-hybridized carbons (Fsp3) is 0.417. The van der Waals surface area contributed by atoms with E-state index >= 15 is 0 Å². The van der Waals surface area contributed by atoms with Gasteiger partial charge < -0.3 is 4.98 Å². The number of benzene rings is 1. The molecule has 0 aliphatic rings. The van der Waals surface area contributed by atoms with Crippen LogP contribution < -0.4 is 0 Å². The van der Waals surface area contributed by atoms with Crippen molar-refractivity contribution >= 4 is 33.8 Å². The van der Waals surface area contributed by atoms with E-state index in [-0.39, 0.29) is 0 Å². The van der Waals surface area contributed by atoms with Crippen molar-refractivity contribution in [2.75, 3.05) is 0 Å². The van der Waals surface area contributed by atoms with E-state index in [2.05, 4.69) is 24.9 Å². The molecule has 0 atom stereocenters. The average Bonchev–Trinajstić information content (AvgIpc) is 2.62. The first-order valence-electron chi connectivity index (χ1n) is 5.35. The summed E-state index contributed by atoms with van der Waals surface area (Å²) in [6.45, 7) is 8.25. The Morgan fingerprint density at radius 2 is 1.73 bits per heavy atom. The molecule has 0 amide bonds. The zero-order valence-corrected chi connectivity index (χ0v) is 11.5. The Labute approximate surface area is 101 Å². The van der Waals surface area contributed by atoms with E-state index in [1.165, 1.54) is 11.1 Å². The molecule has 1 aromatic carbocycles. The predicted octanol–water partition coefficient (Wildman–Crippen LogP) is 5.40. The van der Waals surface area contributed by atoms with Gasteiger partial charge in [0.25, 0.3) is 0 Å². The van der Waals surface area contributed by atoms with Crippen LogP contribution in [-0.4, -0.2) is 4.98 Å². The van der Waals surface area contributed by atoms with Crippen LogP contribution in [0.4, 0.5) is 0 Å². The lowest BCUT2D eigenvalue weighted by molar-refractivity contribution is 1.09. The third-order valence-electron chi connectivity index (χ3n) is 1.33. The Hall–Kier alpha value is -0.670. The molecular formula is C12H19NS2. The van der Waals surface area contributed by atoms with Gasteiger partial charge in [-0.1, -0.05) is 46.2 Å². The highest BCUT2D eigenvalue weighted by Crippen LogP contribution is 2.17. The minimum Gasteiger partial charge on any atom is -0.337 e. The summed E-state index contributed by atoms with van der Waals surface area (Å²) in [5.41, 5.74) is 1.14. The second kappa shape index (κ2) is 8.62. The Morgan fingerprint density at radius 3 is 2.27 bits per heavy atom. The van der Waals surface area contributed by atoms with Crippen LogP contribution in [0, 0.1) is 3.95 Å². The number of thiazole rings is 1. The van der Waals surface area contributed by atoms with E-state index in [0.717, 1.165) is 9.47 Å². The SMILES string of the molecule is CC.CCC.S=c1[nH]c2ccccc2s1. The van der Waals surface area contributed by atoms with Gasteiger partial charge in [-0.2, -0.15) is 0 Å². The van der Waals surface area contributed by atoms with Gasteiger partial charge in [0.1, 0.15) is 0 Å². The molecule has 0 aliphatic carbocycles. The van der Waals surface area contributed by atoms with Crippen molar-refractivity contribution in [3.8, 4) is 0 Å². The lowest BCUT2D eigenvalue weighted by atomic mass is 10.3. The summed E-state index contributed by atoms with van der Waals surface area (Å²) < 4.78 is 2.08. The summed E-state index contributed by atoms with van der Waals surface area (Å²) >= 11 is 6.59. The molecular weight excluding hydrogens is 222 g/mol. The van der Waals surface area contributed by atoms with Gasteiger partial charge in [-0.15, -0.1) is 11.3 Å². The Balaban J connectivity index is 0.000000342. The second-order valence-corrected chi connectivity index (χ2v) is 4.44. The number of H-pyrrole nitrogens is 1. The zero-order chi connectivity index (χ0) is 11.7. The number of nitrogens with one attached hydrogen (secondary N) is 1. The number of hydrogen-bond donors (Lipinski definition) is 1. The lowest BCUT2D eigenvalue weighted by Gasteiger charge is -1.81. The summed E-state index contributed by atoms with van der Waals surface area (Å²) in [4.78, 5) is 3.09. The maximum Gasteiger partial charge on any atom is 0.159 e. The number of para-hydroxylation sites is 1. The molecule has 2 rings (SSSR count). The Morgan fingerprint density at radius 1 is 1.20 bits per heavy atom. The van der Waals surface area contributed by atoms with Gasteiger partial charge in [0.05, 0.1) is 10.2 Å². The number of fused-ring (bicyclic) bond motifs is 1. The minimum absolute atomic E-state index is 0.848. The highest BCUT2D eigenvalue weighted by molar-refractivity contribution is 7.73. The molecule has 0 bridgehead atoms. The van der Waals surface area contributed by atoms with Crippen molar-refractivity contribution in [1.82, 2.24) is 4.98 Å². The van der Waals surface area contributed by atoms with Gasteiger partial charge in [-0.25, -0.2) is 0 Å². The quantitative estimate of drug-likeness (QED) is 0.610. The van der Waals surface area contributed by atoms with Crippen molar-refractivity contribution in [3.05, 3.63) is 28.2 Å². The van der Waals surface area contributed by atoms with Crippen LogP contribution >= 0.6 is 23.6 Å². The molecule has 0 saturated heterocycles. The van der Waals surface area contributed by atoms with Crippen molar-refractivity contribution in [3.63, 3.8) is 0 Å². The van der Waals surface area contributed by atoms with Crippen molar-refractivity contribution in [1.29, 1.82) is 0 Å². The van der Waals surface area contributed by atoms with Gasteiger partial charge in [0.15, 0.2) is 3.95 Å². The van der Waals surface area contributed by atoms with Crippen LogP contribution in [0.5, 0.6) is 0 Å². The largest absolute Gasteiger partial charge is 0.337 e. The first kappa shape index (κ1) is 14.3. The van der Waals surface area contributed by atoms with Crippen molar-refractivity contribution in [2.45, 2.75) is 34.1 Å². The maximum absolute atomic E-state index is 4.98. The van der Waals surface area contributed by atoms with Gasteiger partial charge >= 0.3 is 0 Å². The molecule has 15 heavy (non-hydrogen) atoms. The molecule has 0 fully saturated rings. The van der Waals surface area contributed by atoms with E-state index in [0.29, 0.717) is 0 Å². The fourth-order valence-electron chi connectivity index (χ4n) is 0.894. The third-order valence-corrected chi connectivity index (χ3v) is 2.54. The van der Waals surface area contributed by atoms with Gasteiger partial charge in [-0.05, 0) is 24.4 Å². The highest BCUT2D eigenvalue weighted by Gasteiger charge is 1.91. The molecule has 1 aromatic heterocycles. The summed E-state index contributed by atoms with van der Waals surface area (Å²) in [6, 6.07) is 8.11. The maximum atomic E-state index is 4.98. The van der Waals surface area contributed by atoms with Gasteiger partial charge in [0.2, 0.25) is 0 Å². The lowest BCUT2D eigenvalue weighted by Crippen LogP contribution is -1.62. The molecule has 3 heteroatoms. The van der Waals surface area contributed by atoms with E-state index in [4.69, 9.17) is 12.2 Å². The monoisotopic (exact) mass is 241 g/mol. The molecule has 0 aliphatic heterocycles. The molecule has 2 aromatic rings. The van der Waals surface area contributed by atoms with Crippen LogP contribution in [0.25, 0.3) is 10.2 Å². The van der Waals surface area contributed by atoms with E-state index in [1.807, 2.05) is 32.0 Å². The summed E-state index contributed by atoms with van der Waals surface area (Å²) in [5, 5.41) is 0. The zero-order valence-electron chi connectivity index (χ0n) is 9.83. The van der Waals surface area contributed by atoms with Crippen molar-refractivity contribution < 1.29 is 0 Å². The molecule has 1 nitrogen and oxygen atoms in total. The van der Waals surface area contributed by atoms with Crippen LogP contribution in [0.3, 0.4) is 0 Å². The van der Waals surface area contributed by atoms with Crippen LogP contribution in [0.15, 0.2) is 24.3 Å². The minimum atomic E-state index is 0.848. The summed E-state index contributed by atoms with van der Waals surface area (Å²) in [6.07, 6.45) is 1.25.